The normalized spacial score (nSPS) is 11.5. The molecular weight excluding hydrogens is 408 g/mol. The highest BCUT2D eigenvalue weighted by atomic mass is 79.9. The number of esters is 1. The van der Waals surface area contributed by atoms with Crippen molar-refractivity contribution >= 4 is 48.5 Å². The third kappa shape index (κ3) is 3.40. The molecule has 8 heteroatoms. The fraction of sp³-hybridized carbons (Fsp3) is 0.118. The van der Waals surface area contributed by atoms with Crippen molar-refractivity contribution in [2.45, 2.75) is 4.90 Å². The number of ether oxygens (including phenoxy) is 1. The fourth-order valence-electron chi connectivity index (χ4n) is 2.51. The van der Waals surface area contributed by atoms with Gasteiger partial charge in [0.25, 0.3) is 10.0 Å². The van der Waals surface area contributed by atoms with Crippen LogP contribution < -0.4 is 4.72 Å². The van der Waals surface area contributed by atoms with Crippen LogP contribution in [0.15, 0.2) is 58.0 Å². The molecule has 0 unspecified atom stereocenters. The SMILES string of the molecule is COC(=O)c1ccc(S(=O)(=O)Nc2ccc3c(c2)c(Br)cn3C)cc1. The molecule has 0 aliphatic carbocycles. The van der Waals surface area contributed by atoms with Crippen LogP contribution in [-0.2, 0) is 21.8 Å². The van der Waals surface area contributed by atoms with Gasteiger partial charge in [-0.25, -0.2) is 13.2 Å². The lowest BCUT2D eigenvalue weighted by molar-refractivity contribution is 0.0600. The molecule has 0 saturated carbocycles. The smallest absolute Gasteiger partial charge is 0.337 e. The summed E-state index contributed by atoms with van der Waals surface area (Å²) in [6.45, 7) is 0. The number of halogens is 1. The Morgan fingerprint density at radius 1 is 1.16 bits per heavy atom. The highest BCUT2D eigenvalue weighted by Crippen LogP contribution is 2.29. The number of carbonyl (C=O) groups excluding carboxylic acids is 1. The summed E-state index contributed by atoms with van der Waals surface area (Å²) in [7, 11) is -0.575. The van der Waals surface area contributed by atoms with E-state index in [0.717, 1.165) is 15.4 Å². The molecule has 1 heterocycles. The lowest BCUT2D eigenvalue weighted by Gasteiger charge is -2.09. The Kier molecular flexibility index (Phi) is 4.57. The Labute approximate surface area is 153 Å². The Balaban J connectivity index is 1.91. The molecule has 6 nitrogen and oxygen atoms in total. The zero-order valence-corrected chi connectivity index (χ0v) is 15.9. The van der Waals surface area contributed by atoms with Gasteiger partial charge in [0.2, 0.25) is 0 Å². The molecule has 3 aromatic rings. The number of hydrogen-bond acceptors (Lipinski definition) is 4. The molecule has 0 fully saturated rings. The topological polar surface area (TPSA) is 77.4 Å². The molecule has 0 spiro atoms. The summed E-state index contributed by atoms with van der Waals surface area (Å²) < 4.78 is 35.1. The number of sulfonamides is 1. The van der Waals surface area contributed by atoms with Crippen LogP contribution in [0.25, 0.3) is 10.9 Å². The van der Waals surface area contributed by atoms with Crippen molar-refractivity contribution < 1.29 is 17.9 Å². The first-order valence-electron chi connectivity index (χ1n) is 7.27. The van der Waals surface area contributed by atoms with E-state index in [1.54, 1.807) is 12.1 Å². The summed E-state index contributed by atoms with van der Waals surface area (Å²) in [6.07, 6.45) is 1.91. The van der Waals surface area contributed by atoms with Gasteiger partial charge in [0, 0.05) is 34.3 Å². The molecule has 1 N–H and O–H groups in total. The van der Waals surface area contributed by atoms with Crippen molar-refractivity contribution in [2.24, 2.45) is 7.05 Å². The first kappa shape index (κ1) is 17.5. The standard InChI is InChI=1S/C17H15BrN2O4S/c1-20-10-15(18)14-9-12(5-8-16(14)20)19-25(22,23)13-6-3-11(4-7-13)17(21)24-2/h3-10,19H,1-2H3. The van der Waals surface area contributed by atoms with Gasteiger partial charge >= 0.3 is 5.97 Å². The summed E-state index contributed by atoms with van der Waals surface area (Å²) in [5.41, 5.74) is 1.73. The number of aromatic nitrogens is 1. The number of fused-ring (bicyclic) bond motifs is 1. The van der Waals surface area contributed by atoms with Gasteiger partial charge in [-0.15, -0.1) is 0 Å². The van der Waals surface area contributed by atoms with E-state index in [4.69, 9.17) is 0 Å². The van der Waals surface area contributed by atoms with Crippen LogP contribution >= 0.6 is 15.9 Å². The summed E-state index contributed by atoms with van der Waals surface area (Å²) in [5, 5.41) is 0.906. The van der Waals surface area contributed by atoms with E-state index in [-0.39, 0.29) is 10.5 Å². The van der Waals surface area contributed by atoms with E-state index in [9.17, 15) is 13.2 Å². The number of methoxy groups -OCH3 is 1. The Hall–Kier alpha value is -2.32. The number of hydrogen-bond donors (Lipinski definition) is 1. The molecule has 0 saturated heterocycles. The molecule has 130 valence electrons. The number of nitrogens with zero attached hydrogens (tertiary/aromatic N) is 1. The van der Waals surface area contributed by atoms with Crippen molar-refractivity contribution in [3.63, 3.8) is 0 Å². The summed E-state index contributed by atoms with van der Waals surface area (Å²) >= 11 is 3.46. The predicted molar refractivity (Wildman–Crippen MR) is 99.2 cm³/mol. The van der Waals surface area contributed by atoms with Gasteiger partial charge in [-0.3, -0.25) is 4.72 Å². The first-order valence-corrected chi connectivity index (χ1v) is 9.55. The molecule has 0 bridgehead atoms. The quantitative estimate of drug-likeness (QED) is 0.652. The third-order valence-electron chi connectivity index (χ3n) is 3.78. The number of carbonyl (C=O) groups is 1. The third-order valence-corrected chi connectivity index (χ3v) is 5.81. The first-order chi connectivity index (χ1) is 11.8. The number of nitrogens with one attached hydrogen (secondary N) is 1. The zero-order valence-electron chi connectivity index (χ0n) is 13.5. The van der Waals surface area contributed by atoms with Crippen LogP contribution in [0.3, 0.4) is 0 Å². The highest BCUT2D eigenvalue weighted by molar-refractivity contribution is 9.10. The van der Waals surface area contributed by atoms with Crippen LogP contribution in [0.5, 0.6) is 0 Å². The minimum absolute atomic E-state index is 0.0624. The maximum Gasteiger partial charge on any atom is 0.337 e. The van der Waals surface area contributed by atoms with Crippen molar-refractivity contribution in [1.82, 2.24) is 4.57 Å². The molecule has 0 amide bonds. The maximum atomic E-state index is 12.5. The van der Waals surface area contributed by atoms with Crippen LogP contribution in [0.4, 0.5) is 5.69 Å². The van der Waals surface area contributed by atoms with E-state index in [1.165, 1.54) is 31.4 Å². The van der Waals surface area contributed by atoms with Gasteiger partial charge in [-0.05, 0) is 58.4 Å². The molecule has 25 heavy (non-hydrogen) atoms. The summed E-state index contributed by atoms with van der Waals surface area (Å²) in [5.74, 6) is -0.517. The van der Waals surface area contributed by atoms with Crippen molar-refractivity contribution in [3.05, 3.63) is 58.7 Å². The minimum atomic E-state index is -3.76. The lowest BCUT2D eigenvalue weighted by atomic mass is 10.2. The second-order valence-corrected chi connectivity index (χ2v) is 7.98. The molecule has 0 atom stereocenters. The van der Waals surface area contributed by atoms with Crippen molar-refractivity contribution in [2.75, 3.05) is 11.8 Å². The predicted octanol–water partition coefficient (Wildman–Crippen LogP) is 3.53. The van der Waals surface area contributed by atoms with Gasteiger partial charge < -0.3 is 9.30 Å². The Morgan fingerprint density at radius 2 is 1.84 bits per heavy atom. The summed E-state index contributed by atoms with van der Waals surface area (Å²) in [6, 6.07) is 10.9. The van der Waals surface area contributed by atoms with E-state index < -0.39 is 16.0 Å². The van der Waals surface area contributed by atoms with E-state index in [1.807, 2.05) is 23.9 Å². The molecular formula is C17H15BrN2O4S. The molecule has 1 aromatic heterocycles. The monoisotopic (exact) mass is 422 g/mol. The molecule has 2 aromatic carbocycles. The Morgan fingerprint density at radius 3 is 2.48 bits per heavy atom. The zero-order chi connectivity index (χ0) is 18.2. The van der Waals surface area contributed by atoms with Gasteiger partial charge in [-0.2, -0.15) is 0 Å². The van der Waals surface area contributed by atoms with Gasteiger partial charge in [0.1, 0.15) is 0 Å². The van der Waals surface area contributed by atoms with Gasteiger partial charge in [-0.1, -0.05) is 0 Å². The number of rotatable bonds is 4. The molecule has 0 radical (unpaired) electrons. The van der Waals surface area contributed by atoms with E-state index in [0.29, 0.717) is 5.69 Å². The average Bonchev–Trinajstić information content (AvgIpc) is 2.88. The number of anilines is 1. The van der Waals surface area contributed by atoms with Crippen LogP contribution in [0, 0.1) is 0 Å². The minimum Gasteiger partial charge on any atom is -0.465 e. The molecule has 0 aliphatic rings. The second kappa shape index (κ2) is 6.53. The highest BCUT2D eigenvalue weighted by Gasteiger charge is 2.16. The number of aryl methyl sites for hydroxylation is 1. The van der Waals surface area contributed by atoms with Crippen LogP contribution in [-0.4, -0.2) is 26.1 Å². The van der Waals surface area contributed by atoms with Gasteiger partial charge in [0.15, 0.2) is 0 Å². The average molecular weight is 423 g/mol. The van der Waals surface area contributed by atoms with Gasteiger partial charge in [0.05, 0.1) is 17.6 Å². The van der Waals surface area contributed by atoms with Crippen molar-refractivity contribution in [1.29, 1.82) is 0 Å². The second-order valence-electron chi connectivity index (χ2n) is 5.44. The van der Waals surface area contributed by atoms with Crippen LogP contribution in [0.2, 0.25) is 0 Å². The van der Waals surface area contributed by atoms with E-state index in [2.05, 4.69) is 25.4 Å². The number of benzene rings is 2. The largest absolute Gasteiger partial charge is 0.465 e. The molecule has 0 aliphatic heterocycles. The van der Waals surface area contributed by atoms with E-state index >= 15 is 0 Å². The van der Waals surface area contributed by atoms with Crippen molar-refractivity contribution in [3.8, 4) is 0 Å². The fourth-order valence-corrected chi connectivity index (χ4v) is 4.18. The maximum absolute atomic E-state index is 12.5. The van der Waals surface area contributed by atoms with Crippen LogP contribution in [0.1, 0.15) is 10.4 Å². The lowest BCUT2D eigenvalue weighted by Crippen LogP contribution is -2.13. The summed E-state index contributed by atoms with van der Waals surface area (Å²) in [4.78, 5) is 11.5. The molecule has 3 rings (SSSR count). The Bertz CT molecular complexity index is 1060.